The molecule has 0 bridgehead atoms. The number of hydrogen-bond acceptors (Lipinski definition) is 3. The smallest absolute Gasteiger partial charge is 0.232 e. The molecule has 1 saturated heterocycles. The molecule has 0 saturated carbocycles. The Hall–Kier alpha value is -0.220. The van der Waals surface area contributed by atoms with Crippen molar-refractivity contribution in [1.29, 1.82) is 0 Å². The summed E-state index contributed by atoms with van der Waals surface area (Å²) in [7, 11) is 0. The van der Waals surface area contributed by atoms with Gasteiger partial charge < -0.3 is 10.0 Å². The zero-order chi connectivity index (χ0) is 11.8. The molecule has 0 aromatic rings. The number of carbonyl (C=O) groups excluding carboxylic acids is 1. The van der Waals surface area contributed by atoms with Crippen molar-refractivity contribution < 1.29 is 9.90 Å². The van der Waals surface area contributed by atoms with Gasteiger partial charge in [0.05, 0.1) is 5.75 Å². The van der Waals surface area contributed by atoms with E-state index in [-0.39, 0.29) is 12.5 Å². The molecule has 0 aromatic carbocycles. The number of aliphatic hydroxyl groups is 1. The molecule has 1 unspecified atom stereocenters. The van der Waals surface area contributed by atoms with Crippen LogP contribution in [0.3, 0.4) is 0 Å². The van der Waals surface area contributed by atoms with E-state index in [9.17, 15) is 4.79 Å². The number of rotatable bonds is 6. The summed E-state index contributed by atoms with van der Waals surface area (Å²) in [5, 5.41) is 9.09. The fraction of sp³-hybridized carbons (Fsp3) is 0.917. The number of amides is 1. The third kappa shape index (κ3) is 4.74. The first kappa shape index (κ1) is 13.8. The number of likely N-dealkylation sites (tertiary alicyclic amines) is 1. The molecule has 0 aromatic heterocycles. The highest BCUT2D eigenvalue weighted by Gasteiger charge is 2.22. The van der Waals surface area contributed by atoms with Crippen LogP contribution in [0.4, 0.5) is 0 Å². The van der Waals surface area contributed by atoms with E-state index in [4.69, 9.17) is 5.11 Å². The minimum atomic E-state index is 0.215. The second-order valence-electron chi connectivity index (χ2n) is 4.44. The molecular weight excluding hydrogens is 222 g/mol. The summed E-state index contributed by atoms with van der Waals surface area (Å²) in [6.07, 6.45) is 4.48. The van der Waals surface area contributed by atoms with Crippen molar-refractivity contribution in [2.75, 3.05) is 31.2 Å². The highest BCUT2D eigenvalue weighted by molar-refractivity contribution is 7.99. The molecule has 1 heterocycles. The van der Waals surface area contributed by atoms with Crippen molar-refractivity contribution in [3.63, 3.8) is 0 Å². The molecule has 0 radical (unpaired) electrons. The van der Waals surface area contributed by atoms with Gasteiger partial charge >= 0.3 is 0 Å². The lowest BCUT2D eigenvalue weighted by atomic mass is 9.99. The van der Waals surface area contributed by atoms with E-state index >= 15 is 0 Å². The normalized spacial score (nSPS) is 21.1. The molecule has 94 valence electrons. The summed E-state index contributed by atoms with van der Waals surface area (Å²) in [6, 6.07) is 0. The van der Waals surface area contributed by atoms with E-state index in [1.54, 1.807) is 11.8 Å². The lowest BCUT2D eigenvalue weighted by Crippen LogP contribution is -2.41. The van der Waals surface area contributed by atoms with Crippen molar-refractivity contribution >= 4 is 17.7 Å². The highest BCUT2D eigenvalue weighted by Crippen LogP contribution is 2.17. The van der Waals surface area contributed by atoms with Gasteiger partial charge in [0.1, 0.15) is 0 Å². The Morgan fingerprint density at radius 2 is 2.38 bits per heavy atom. The summed E-state index contributed by atoms with van der Waals surface area (Å²) in [5.41, 5.74) is 0. The maximum atomic E-state index is 11.8. The zero-order valence-corrected chi connectivity index (χ0v) is 11.0. The van der Waals surface area contributed by atoms with Crippen LogP contribution in [0, 0.1) is 5.92 Å². The average Bonchev–Trinajstić information content (AvgIpc) is 2.34. The molecular formula is C12H23NO2S. The van der Waals surface area contributed by atoms with Gasteiger partial charge in [-0.2, -0.15) is 11.8 Å². The van der Waals surface area contributed by atoms with E-state index in [0.717, 1.165) is 31.7 Å². The van der Waals surface area contributed by atoms with Gasteiger partial charge in [-0.15, -0.1) is 0 Å². The van der Waals surface area contributed by atoms with E-state index in [2.05, 4.69) is 6.92 Å². The van der Waals surface area contributed by atoms with Crippen LogP contribution >= 0.6 is 11.8 Å². The van der Waals surface area contributed by atoms with Crippen LogP contribution in [0.15, 0.2) is 0 Å². The summed E-state index contributed by atoms with van der Waals surface area (Å²) in [5.74, 6) is 2.25. The first-order valence-corrected chi connectivity index (χ1v) is 7.39. The predicted molar refractivity (Wildman–Crippen MR) is 68.6 cm³/mol. The quantitative estimate of drug-likeness (QED) is 0.725. The average molecular weight is 245 g/mol. The molecule has 4 heteroatoms. The molecule has 0 spiro atoms. The Kier molecular flexibility index (Phi) is 6.88. The van der Waals surface area contributed by atoms with Crippen molar-refractivity contribution in [3.8, 4) is 0 Å². The third-order valence-corrected chi connectivity index (χ3v) is 4.03. The Balaban J connectivity index is 2.19. The van der Waals surface area contributed by atoms with Crippen LogP contribution in [0.5, 0.6) is 0 Å². The van der Waals surface area contributed by atoms with Gasteiger partial charge in [-0.25, -0.2) is 0 Å². The van der Waals surface area contributed by atoms with Crippen LogP contribution in [-0.4, -0.2) is 47.1 Å². The van der Waals surface area contributed by atoms with Gasteiger partial charge in [-0.1, -0.05) is 13.3 Å². The molecule has 1 rings (SSSR count). The Morgan fingerprint density at radius 1 is 1.56 bits per heavy atom. The largest absolute Gasteiger partial charge is 0.396 e. The minimum Gasteiger partial charge on any atom is -0.396 e. The molecule has 1 atom stereocenters. The van der Waals surface area contributed by atoms with E-state index in [0.29, 0.717) is 11.7 Å². The molecule has 1 aliphatic rings. The van der Waals surface area contributed by atoms with E-state index < -0.39 is 0 Å². The second-order valence-corrected chi connectivity index (χ2v) is 5.54. The van der Waals surface area contributed by atoms with Crippen LogP contribution in [-0.2, 0) is 4.79 Å². The summed E-state index contributed by atoms with van der Waals surface area (Å²) < 4.78 is 0. The number of carbonyl (C=O) groups is 1. The van der Waals surface area contributed by atoms with Gasteiger partial charge in [0.2, 0.25) is 5.91 Å². The monoisotopic (exact) mass is 245 g/mol. The number of thioether (sulfide) groups is 1. The fourth-order valence-electron chi connectivity index (χ4n) is 1.94. The van der Waals surface area contributed by atoms with Crippen molar-refractivity contribution in [3.05, 3.63) is 0 Å². The summed E-state index contributed by atoms with van der Waals surface area (Å²) in [4.78, 5) is 13.8. The van der Waals surface area contributed by atoms with E-state index in [1.165, 1.54) is 12.8 Å². The minimum absolute atomic E-state index is 0.215. The standard InChI is InChI=1S/C12H23NO2S/c1-2-3-7-16-10-12(15)13-6-4-5-11(8-13)9-14/h11,14H,2-10H2,1H3. The zero-order valence-electron chi connectivity index (χ0n) is 10.2. The first-order chi connectivity index (χ1) is 7.77. The number of hydrogen-bond donors (Lipinski definition) is 1. The SMILES string of the molecule is CCCCSCC(=O)N1CCCC(CO)C1. The van der Waals surface area contributed by atoms with Crippen LogP contribution in [0.1, 0.15) is 32.6 Å². The number of nitrogens with zero attached hydrogens (tertiary/aromatic N) is 1. The lowest BCUT2D eigenvalue weighted by molar-refractivity contribution is -0.130. The summed E-state index contributed by atoms with van der Waals surface area (Å²) in [6.45, 7) is 4.01. The highest BCUT2D eigenvalue weighted by atomic mass is 32.2. The topological polar surface area (TPSA) is 40.5 Å². The Morgan fingerprint density at radius 3 is 3.06 bits per heavy atom. The first-order valence-electron chi connectivity index (χ1n) is 6.24. The maximum absolute atomic E-state index is 11.8. The molecule has 0 aliphatic carbocycles. The van der Waals surface area contributed by atoms with Gasteiger partial charge in [0.25, 0.3) is 0 Å². The lowest BCUT2D eigenvalue weighted by Gasteiger charge is -2.31. The van der Waals surface area contributed by atoms with Crippen molar-refractivity contribution in [2.24, 2.45) is 5.92 Å². The molecule has 1 aliphatic heterocycles. The third-order valence-electron chi connectivity index (χ3n) is 3.00. The van der Waals surface area contributed by atoms with Crippen molar-refractivity contribution in [2.45, 2.75) is 32.6 Å². The molecule has 1 N–H and O–H groups in total. The van der Waals surface area contributed by atoms with E-state index in [1.807, 2.05) is 4.90 Å². The van der Waals surface area contributed by atoms with Gasteiger partial charge in [0.15, 0.2) is 0 Å². The molecule has 3 nitrogen and oxygen atoms in total. The Bertz CT molecular complexity index is 211. The summed E-state index contributed by atoms with van der Waals surface area (Å²) >= 11 is 1.73. The van der Waals surface area contributed by atoms with Crippen LogP contribution in [0.2, 0.25) is 0 Å². The Labute approximate surface area is 103 Å². The number of unbranched alkanes of at least 4 members (excludes halogenated alkanes) is 1. The predicted octanol–water partition coefficient (Wildman–Crippen LogP) is 1.75. The second kappa shape index (κ2) is 7.96. The number of piperidine rings is 1. The fourth-order valence-corrected chi connectivity index (χ4v) is 2.93. The van der Waals surface area contributed by atoms with Crippen LogP contribution in [0.25, 0.3) is 0 Å². The molecule has 16 heavy (non-hydrogen) atoms. The van der Waals surface area contributed by atoms with Gasteiger partial charge in [-0.05, 0) is 30.9 Å². The molecule has 1 amide bonds. The van der Waals surface area contributed by atoms with Crippen molar-refractivity contribution in [1.82, 2.24) is 4.90 Å². The maximum Gasteiger partial charge on any atom is 0.232 e. The van der Waals surface area contributed by atoms with Crippen LogP contribution < -0.4 is 0 Å². The van der Waals surface area contributed by atoms with Gasteiger partial charge in [0, 0.05) is 19.7 Å². The number of aliphatic hydroxyl groups excluding tert-OH is 1. The van der Waals surface area contributed by atoms with Gasteiger partial charge in [-0.3, -0.25) is 4.79 Å². The molecule has 1 fully saturated rings.